The number of hydrogen-bond acceptors (Lipinski definition) is 4. The lowest BCUT2D eigenvalue weighted by molar-refractivity contribution is 0.221. The van der Waals surface area contributed by atoms with Gasteiger partial charge >= 0.3 is 0 Å². The molecule has 82 valence electrons. The summed E-state index contributed by atoms with van der Waals surface area (Å²) < 4.78 is 10.6. The van der Waals surface area contributed by atoms with Crippen LogP contribution in [0.25, 0.3) is 0 Å². The van der Waals surface area contributed by atoms with Gasteiger partial charge in [-0.05, 0) is 29.9 Å². The van der Waals surface area contributed by atoms with Gasteiger partial charge in [-0.1, -0.05) is 0 Å². The predicted molar refractivity (Wildman–Crippen MR) is 61.1 cm³/mol. The molecule has 0 radical (unpaired) electrons. The Morgan fingerprint density at radius 3 is 3.13 bits per heavy atom. The first-order valence-corrected chi connectivity index (χ1v) is 5.88. The van der Waals surface area contributed by atoms with E-state index in [4.69, 9.17) is 15.2 Å². The lowest BCUT2D eigenvalue weighted by Gasteiger charge is -2.19. The number of hydrogen-bond donors (Lipinski definition) is 1. The van der Waals surface area contributed by atoms with Crippen LogP contribution in [0, 0.1) is 0 Å². The minimum absolute atomic E-state index is 0.0831. The lowest BCUT2D eigenvalue weighted by Crippen LogP contribution is -2.15. The Hall–Kier alpha value is -1.00. The van der Waals surface area contributed by atoms with Crippen LogP contribution in [0.2, 0.25) is 0 Å². The molecular formula is C11H15NO2S. The molecule has 1 unspecified atom stereocenters. The molecule has 0 aliphatic carbocycles. The molecule has 0 spiro atoms. The fourth-order valence-electron chi connectivity index (χ4n) is 1.69. The third kappa shape index (κ3) is 2.16. The Labute approximate surface area is 93.5 Å². The van der Waals surface area contributed by atoms with Crippen molar-refractivity contribution in [3.63, 3.8) is 0 Å². The van der Waals surface area contributed by atoms with Crippen molar-refractivity contribution in [2.45, 2.75) is 18.9 Å². The van der Waals surface area contributed by atoms with Gasteiger partial charge in [0.1, 0.15) is 5.75 Å². The van der Waals surface area contributed by atoms with Crippen LogP contribution >= 0.6 is 11.3 Å². The normalized spacial score (nSPS) is 17.9. The summed E-state index contributed by atoms with van der Waals surface area (Å²) in [7, 11) is 1.67. The summed E-state index contributed by atoms with van der Waals surface area (Å²) in [6, 6.07) is 1.87. The molecule has 2 rings (SSSR count). The second-order valence-electron chi connectivity index (χ2n) is 3.50. The Morgan fingerprint density at radius 1 is 1.60 bits per heavy atom. The highest BCUT2D eigenvalue weighted by Gasteiger charge is 2.19. The second-order valence-corrected chi connectivity index (χ2v) is 4.45. The lowest BCUT2D eigenvalue weighted by atomic mass is 10.0. The Balaban J connectivity index is 2.19. The topological polar surface area (TPSA) is 44.5 Å². The van der Waals surface area contributed by atoms with Crippen LogP contribution in [0.5, 0.6) is 5.75 Å². The maximum Gasteiger partial charge on any atom is 0.134 e. The van der Waals surface area contributed by atoms with E-state index < -0.39 is 0 Å². The highest BCUT2D eigenvalue weighted by Crippen LogP contribution is 2.35. The molecule has 3 nitrogen and oxygen atoms in total. The summed E-state index contributed by atoms with van der Waals surface area (Å²) in [5.41, 5.74) is 7.33. The maximum absolute atomic E-state index is 6.17. The van der Waals surface area contributed by atoms with Crippen LogP contribution < -0.4 is 10.5 Å². The van der Waals surface area contributed by atoms with Crippen LogP contribution in [0.3, 0.4) is 0 Å². The number of nitrogens with two attached hydrogens (primary N) is 1. The summed E-state index contributed by atoms with van der Waals surface area (Å²) in [5.74, 6) is 0.874. The van der Waals surface area contributed by atoms with Gasteiger partial charge < -0.3 is 15.2 Å². The van der Waals surface area contributed by atoms with Gasteiger partial charge in [0.15, 0.2) is 0 Å². The Kier molecular flexibility index (Phi) is 3.28. The minimum atomic E-state index is -0.0831. The van der Waals surface area contributed by atoms with E-state index in [9.17, 15) is 0 Å². The van der Waals surface area contributed by atoms with Gasteiger partial charge in [-0.2, -0.15) is 0 Å². The van der Waals surface area contributed by atoms with Crippen molar-refractivity contribution in [2.75, 3.05) is 13.7 Å². The first-order valence-electron chi connectivity index (χ1n) is 5.00. The molecule has 2 heterocycles. The molecule has 2 N–H and O–H groups in total. The van der Waals surface area contributed by atoms with E-state index in [1.807, 2.05) is 11.4 Å². The van der Waals surface area contributed by atoms with Crippen molar-refractivity contribution >= 4 is 11.3 Å². The number of methoxy groups -OCH3 is 1. The molecule has 0 fully saturated rings. The van der Waals surface area contributed by atoms with E-state index in [1.54, 1.807) is 24.7 Å². The fraction of sp³-hybridized carbons (Fsp3) is 0.455. The quantitative estimate of drug-likeness (QED) is 0.859. The molecular weight excluding hydrogens is 210 g/mol. The summed E-state index contributed by atoms with van der Waals surface area (Å²) in [6.07, 6.45) is 3.86. The number of thiophene rings is 1. The van der Waals surface area contributed by atoms with Crippen molar-refractivity contribution in [3.05, 3.63) is 28.2 Å². The molecule has 1 aromatic rings. The van der Waals surface area contributed by atoms with Crippen molar-refractivity contribution in [3.8, 4) is 5.75 Å². The molecule has 1 aromatic heterocycles. The zero-order valence-corrected chi connectivity index (χ0v) is 9.55. The van der Waals surface area contributed by atoms with E-state index in [1.165, 1.54) is 0 Å². The average molecular weight is 225 g/mol. The fourth-order valence-corrected chi connectivity index (χ4v) is 2.59. The minimum Gasteiger partial charge on any atom is -0.501 e. The molecule has 0 aromatic carbocycles. The van der Waals surface area contributed by atoms with E-state index in [-0.39, 0.29) is 6.04 Å². The molecule has 0 amide bonds. The van der Waals surface area contributed by atoms with E-state index >= 15 is 0 Å². The molecule has 0 saturated carbocycles. The third-order valence-electron chi connectivity index (χ3n) is 2.52. The van der Waals surface area contributed by atoms with Crippen molar-refractivity contribution in [1.29, 1.82) is 0 Å². The first kappa shape index (κ1) is 10.5. The molecule has 1 aliphatic rings. The maximum atomic E-state index is 6.17. The van der Waals surface area contributed by atoms with Gasteiger partial charge in [0, 0.05) is 0 Å². The molecule has 0 saturated heterocycles. The van der Waals surface area contributed by atoms with Gasteiger partial charge in [-0.15, -0.1) is 11.3 Å². The van der Waals surface area contributed by atoms with Gasteiger partial charge in [0.2, 0.25) is 0 Å². The van der Waals surface area contributed by atoms with E-state index in [0.29, 0.717) is 0 Å². The molecule has 0 bridgehead atoms. The van der Waals surface area contributed by atoms with Crippen molar-refractivity contribution in [2.24, 2.45) is 5.73 Å². The molecule has 4 heteroatoms. The van der Waals surface area contributed by atoms with Crippen LogP contribution in [0.1, 0.15) is 23.8 Å². The monoisotopic (exact) mass is 225 g/mol. The zero-order chi connectivity index (χ0) is 10.7. The third-order valence-corrected chi connectivity index (χ3v) is 3.50. The van der Waals surface area contributed by atoms with Gasteiger partial charge in [0.25, 0.3) is 0 Å². The summed E-state index contributed by atoms with van der Waals surface area (Å²) in [6.45, 7) is 0.803. The SMILES string of the molecule is COc1ccsc1C(N)C1=COCCC1. The van der Waals surface area contributed by atoms with Crippen LogP contribution in [0.15, 0.2) is 23.3 Å². The van der Waals surface area contributed by atoms with Gasteiger partial charge in [0.05, 0.1) is 30.9 Å². The largest absolute Gasteiger partial charge is 0.501 e. The van der Waals surface area contributed by atoms with Crippen LogP contribution in [-0.2, 0) is 4.74 Å². The zero-order valence-electron chi connectivity index (χ0n) is 8.73. The molecule has 1 aliphatic heterocycles. The Morgan fingerprint density at radius 2 is 2.47 bits per heavy atom. The average Bonchev–Trinajstić information content (AvgIpc) is 2.77. The Bertz CT molecular complexity index is 359. The number of ether oxygens (including phenoxy) is 2. The second kappa shape index (κ2) is 4.68. The highest BCUT2D eigenvalue weighted by atomic mass is 32.1. The van der Waals surface area contributed by atoms with Crippen LogP contribution in [-0.4, -0.2) is 13.7 Å². The molecule has 15 heavy (non-hydrogen) atoms. The van der Waals surface area contributed by atoms with Crippen molar-refractivity contribution < 1.29 is 9.47 Å². The first-order chi connectivity index (χ1) is 7.33. The number of rotatable bonds is 3. The van der Waals surface area contributed by atoms with Gasteiger partial charge in [-0.3, -0.25) is 0 Å². The summed E-state index contributed by atoms with van der Waals surface area (Å²) in [4.78, 5) is 1.08. The smallest absolute Gasteiger partial charge is 0.134 e. The standard InChI is InChI=1S/C11H15NO2S/c1-13-9-4-6-15-11(9)10(12)8-3-2-5-14-7-8/h4,6-7,10H,2-3,5,12H2,1H3. The summed E-state index contributed by atoms with van der Waals surface area (Å²) in [5, 5.41) is 2.00. The van der Waals surface area contributed by atoms with Crippen LogP contribution in [0.4, 0.5) is 0 Å². The van der Waals surface area contributed by atoms with Crippen molar-refractivity contribution in [1.82, 2.24) is 0 Å². The predicted octanol–water partition coefficient (Wildman–Crippen LogP) is 2.45. The van der Waals surface area contributed by atoms with E-state index in [2.05, 4.69) is 0 Å². The van der Waals surface area contributed by atoms with E-state index in [0.717, 1.165) is 35.6 Å². The van der Waals surface area contributed by atoms with Gasteiger partial charge in [-0.25, -0.2) is 0 Å². The molecule has 1 atom stereocenters. The highest BCUT2D eigenvalue weighted by molar-refractivity contribution is 7.10. The summed E-state index contributed by atoms with van der Waals surface area (Å²) >= 11 is 1.63.